The highest BCUT2D eigenvalue weighted by Gasteiger charge is 2.03. The number of benzene rings is 2. The van der Waals surface area contributed by atoms with Gasteiger partial charge in [-0.3, -0.25) is 4.79 Å². The summed E-state index contributed by atoms with van der Waals surface area (Å²) < 4.78 is 16.1. The first-order valence-corrected chi connectivity index (χ1v) is 14.0. The second-order valence-electron chi connectivity index (χ2n) is 9.46. The van der Waals surface area contributed by atoms with Gasteiger partial charge >= 0.3 is 11.9 Å². The largest absolute Gasteiger partial charge is 0.478 e. The number of Topliss-reactive ketones (excluding diaryl/α,β-unsaturated/α-hetero) is 1. The number of carbonyl (C=O) groups is 3. The van der Waals surface area contributed by atoms with Crippen LogP contribution < -0.4 is 0 Å². The van der Waals surface area contributed by atoms with Crippen molar-refractivity contribution >= 4 is 17.7 Å². The van der Waals surface area contributed by atoms with E-state index in [1.54, 1.807) is 19.1 Å². The van der Waals surface area contributed by atoms with Crippen LogP contribution in [-0.4, -0.2) is 42.1 Å². The Morgan fingerprint density at radius 2 is 1.21 bits per heavy atom. The standard InChI is InChI=1S/C21H24O4.C15H18O3/c1-17(8-7-15-24-16-20-9-5-4-6-10-20)11-14-21(23)25-19(3)13-12-18(2)22;1-13(9-10-15(16)17)6-5-11-18-12-14-7-3-2-4-8-14/h4-6,8-11,14,19H,7,15-16H2,1-3H3;2-4,6-10H,5,11-12H2,1H3,(H,16,17)/b14-11+,17-8+;10-9+,13-6+/t19-;/m1./s1. The molecule has 0 aliphatic carbocycles. The van der Waals surface area contributed by atoms with Crippen LogP contribution in [-0.2, 0) is 41.8 Å². The van der Waals surface area contributed by atoms with Gasteiger partial charge in [-0.25, -0.2) is 9.59 Å². The van der Waals surface area contributed by atoms with E-state index in [0.717, 1.165) is 41.2 Å². The predicted molar refractivity (Wildman–Crippen MR) is 169 cm³/mol. The number of carboxylic acids is 1. The molecule has 2 aromatic carbocycles. The topological polar surface area (TPSA) is 99.1 Å². The Hall–Kier alpha value is -4.51. The number of allylic oxidation sites excluding steroid dienone is 4. The molecule has 0 amide bonds. The Bertz CT molecular complexity index is 1290. The lowest BCUT2D eigenvalue weighted by Gasteiger charge is -2.04. The van der Waals surface area contributed by atoms with Gasteiger partial charge in [0.2, 0.25) is 5.78 Å². The van der Waals surface area contributed by atoms with Gasteiger partial charge in [-0.15, -0.1) is 0 Å². The molecule has 1 N–H and O–H groups in total. The van der Waals surface area contributed by atoms with Crippen LogP contribution in [0.4, 0.5) is 0 Å². The summed E-state index contributed by atoms with van der Waals surface area (Å²) in [6.45, 7) is 9.20. The minimum atomic E-state index is -0.928. The molecular formula is C36H42O7. The van der Waals surface area contributed by atoms with E-state index in [2.05, 4.69) is 11.8 Å². The number of ether oxygens (including phenoxy) is 3. The summed E-state index contributed by atoms with van der Waals surface area (Å²) in [5.41, 5.74) is 4.18. The van der Waals surface area contributed by atoms with Crippen molar-refractivity contribution < 1.29 is 33.7 Å². The Morgan fingerprint density at radius 1 is 0.744 bits per heavy atom. The van der Waals surface area contributed by atoms with Crippen molar-refractivity contribution in [2.75, 3.05) is 13.2 Å². The molecule has 0 aliphatic heterocycles. The molecule has 43 heavy (non-hydrogen) atoms. The van der Waals surface area contributed by atoms with Crippen LogP contribution in [0.3, 0.4) is 0 Å². The highest BCUT2D eigenvalue weighted by Crippen LogP contribution is 2.04. The van der Waals surface area contributed by atoms with Crippen molar-refractivity contribution in [2.45, 2.75) is 59.9 Å². The van der Waals surface area contributed by atoms with Crippen molar-refractivity contribution in [3.05, 3.63) is 119 Å². The Labute approximate surface area is 255 Å². The maximum Gasteiger partial charge on any atom is 0.331 e. The van der Waals surface area contributed by atoms with Crippen LogP contribution in [0.15, 0.2) is 108 Å². The molecule has 0 fully saturated rings. The van der Waals surface area contributed by atoms with E-state index in [1.165, 1.54) is 13.0 Å². The molecule has 0 radical (unpaired) electrons. The molecular weight excluding hydrogens is 544 g/mol. The zero-order chi connectivity index (χ0) is 31.7. The smallest absolute Gasteiger partial charge is 0.331 e. The van der Waals surface area contributed by atoms with Gasteiger partial charge in [0, 0.05) is 19.1 Å². The lowest BCUT2D eigenvalue weighted by atomic mass is 10.2. The van der Waals surface area contributed by atoms with Crippen LogP contribution in [0.2, 0.25) is 0 Å². The molecule has 7 heteroatoms. The lowest BCUT2D eigenvalue weighted by Crippen LogP contribution is -2.11. The van der Waals surface area contributed by atoms with Gasteiger partial charge in [-0.1, -0.05) is 102 Å². The zero-order valence-corrected chi connectivity index (χ0v) is 25.5. The summed E-state index contributed by atoms with van der Waals surface area (Å²) in [5, 5.41) is 8.46. The van der Waals surface area contributed by atoms with Gasteiger partial charge < -0.3 is 19.3 Å². The summed E-state index contributed by atoms with van der Waals surface area (Å²) in [6, 6.07) is 20.0. The van der Waals surface area contributed by atoms with Gasteiger partial charge in [0.05, 0.1) is 26.4 Å². The highest BCUT2D eigenvalue weighted by atomic mass is 16.5. The zero-order valence-electron chi connectivity index (χ0n) is 25.5. The third-order valence-electron chi connectivity index (χ3n) is 5.40. The molecule has 7 nitrogen and oxygen atoms in total. The van der Waals surface area contributed by atoms with Gasteiger partial charge in [0.15, 0.2) is 6.10 Å². The van der Waals surface area contributed by atoms with E-state index in [0.29, 0.717) is 26.4 Å². The average Bonchev–Trinajstić information content (AvgIpc) is 2.99. The average molecular weight is 587 g/mol. The molecule has 1 atom stereocenters. The quantitative estimate of drug-likeness (QED) is 0.0612. The maximum absolute atomic E-state index is 11.6. The molecule has 0 heterocycles. The van der Waals surface area contributed by atoms with Gasteiger partial charge in [-0.05, 0) is 50.7 Å². The van der Waals surface area contributed by atoms with Crippen molar-refractivity contribution in [3.63, 3.8) is 0 Å². The van der Waals surface area contributed by atoms with Crippen LogP contribution in [0.5, 0.6) is 0 Å². The summed E-state index contributed by atoms with van der Waals surface area (Å²) in [5.74, 6) is 3.23. The number of rotatable bonds is 15. The fourth-order valence-electron chi connectivity index (χ4n) is 3.25. The minimum absolute atomic E-state index is 0.258. The molecule has 2 aromatic rings. The number of carbonyl (C=O) groups excluding carboxylic acids is 2. The summed E-state index contributed by atoms with van der Waals surface area (Å²) in [4.78, 5) is 32.7. The van der Waals surface area contributed by atoms with Gasteiger partial charge in [0.1, 0.15) is 0 Å². The van der Waals surface area contributed by atoms with Crippen molar-refractivity contribution in [1.29, 1.82) is 0 Å². The lowest BCUT2D eigenvalue weighted by molar-refractivity contribution is -0.139. The second kappa shape index (κ2) is 23.1. The molecule has 0 aromatic heterocycles. The third kappa shape index (κ3) is 21.8. The Kier molecular flexibility index (Phi) is 19.6. The fourth-order valence-corrected chi connectivity index (χ4v) is 3.25. The maximum atomic E-state index is 11.6. The molecule has 0 saturated carbocycles. The van der Waals surface area contributed by atoms with Crippen LogP contribution >= 0.6 is 0 Å². The summed E-state index contributed by atoms with van der Waals surface area (Å²) in [6.07, 6.45) is 10.6. The first-order chi connectivity index (χ1) is 20.7. The molecule has 0 bridgehead atoms. The molecule has 0 saturated heterocycles. The number of esters is 1. The number of hydrogen-bond donors (Lipinski definition) is 1. The van der Waals surface area contributed by atoms with Crippen LogP contribution in [0.1, 0.15) is 51.7 Å². The van der Waals surface area contributed by atoms with Gasteiger partial charge in [-0.2, -0.15) is 0 Å². The first kappa shape index (κ1) is 36.5. The molecule has 0 aliphatic rings. The molecule has 0 unspecified atom stereocenters. The van der Waals surface area contributed by atoms with Crippen LogP contribution in [0, 0.1) is 11.8 Å². The number of ketones is 1. The molecule has 0 spiro atoms. The Morgan fingerprint density at radius 3 is 1.65 bits per heavy atom. The molecule has 228 valence electrons. The number of aliphatic carboxylic acids is 1. The first-order valence-electron chi connectivity index (χ1n) is 14.0. The number of carboxylic acid groups (broad SMARTS) is 1. The fraction of sp³-hybridized carbons (Fsp3) is 0.306. The van der Waals surface area contributed by atoms with E-state index in [-0.39, 0.29) is 5.78 Å². The van der Waals surface area contributed by atoms with E-state index < -0.39 is 18.0 Å². The Balaban J connectivity index is 0.000000453. The highest BCUT2D eigenvalue weighted by molar-refractivity contribution is 5.93. The SMILES string of the molecule is CC(/C=C/C(=O)O)=C\CCOCc1ccccc1.CC(=O)C#C[C@@H](C)OC(=O)/C=C/C(C)=C/CCOCc1ccccc1. The predicted octanol–water partition coefficient (Wildman–Crippen LogP) is 6.80. The van der Waals surface area contributed by atoms with Crippen molar-refractivity contribution in [1.82, 2.24) is 0 Å². The van der Waals surface area contributed by atoms with E-state index in [9.17, 15) is 14.4 Å². The summed E-state index contributed by atoms with van der Waals surface area (Å²) >= 11 is 0. The van der Waals surface area contributed by atoms with E-state index in [4.69, 9.17) is 19.3 Å². The summed E-state index contributed by atoms with van der Waals surface area (Å²) in [7, 11) is 0. The third-order valence-corrected chi connectivity index (χ3v) is 5.40. The number of hydrogen-bond acceptors (Lipinski definition) is 6. The van der Waals surface area contributed by atoms with Crippen LogP contribution in [0.25, 0.3) is 0 Å². The van der Waals surface area contributed by atoms with Crippen molar-refractivity contribution in [3.8, 4) is 11.8 Å². The normalized spacial score (nSPS) is 12.2. The minimum Gasteiger partial charge on any atom is -0.478 e. The van der Waals surface area contributed by atoms with E-state index >= 15 is 0 Å². The van der Waals surface area contributed by atoms with E-state index in [1.807, 2.05) is 86.7 Å². The van der Waals surface area contributed by atoms with Crippen molar-refractivity contribution in [2.24, 2.45) is 0 Å². The molecule has 2 rings (SSSR count). The monoisotopic (exact) mass is 586 g/mol. The van der Waals surface area contributed by atoms with Gasteiger partial charge in [0.25, 0.3) is 0 Å². The second-order valence-corrected chi connectivity index (χ2v) is 9.46.